The molecule has 1 heterocycles. The topological polar surface area (TPSA) is 62.3 Å². The Kier molecular flexibility index (Phi) is 6.63. The van der Waals surface area contributed by atoms with E-state index in [1.165, 1.54) is 0 Å². The molecule has 0 aliphatic carbocycles. The quantitative estimate of drug-likeness (QED) is 0.727. The molecule has 1 rings (SSSR count). The maximum Gasteiger partial charge on any atom is 0.0847 e. The van der Waals surface area contributed by atoms with Gasteiger partial charge in [-0.15, -0.1) is 0 Å². The summed E-state index contributed by atoms with van der Waals surface area (Å²) < 4.78 is 12.1. The van der Waals surface area contributed by atoms with Crippen LogP contribution in [0.15, 0.2) is 0 Å². The number of rotatable bonds is 8. The zero-order valence-corrected chi connectivity index (χ0v) is 12.0. The first kappa shape index (κ1) is 15.4. The van der Waals surface area contributed by atoms with E-state index < -0.39 is 0 Å². The van der Waals surface area contributed by atoms with E-state index in [0.29, 0.717) is 31.3 Å². The van der Waals surface area contributed by atoms with Gasteiger partial charge in [0, 0.05) is 33.2 Å². The Morgan fingerprint density at radius 2 is 2.11 bits per heavy atom. The summed E-state index contributed by atoms with van der Waals surface area (Å²) in [6.07, 6.45) is 1.51. The summed E-state index contributed by atoms with van der Waals surface area (Å²) in [6, 6.07) is 0.0276. The minimum atomic E-state index is 0.0276. The van der Waals surface area contributed by atoms with E-state index in [0.717, 1.165) is 17.8 Å². The molecule has 0 aromatic carbocycles. The maximum absolute atomic E-state index is 6.17. The van der Waals surface area contributed by atoms with E-state index in [4.69, 9.17) is 26.8 Å². The fourth-order valence-corrected chi connectivity index (χ4v) is 1.97. The normalized spacial score (nSPS) is 12.9. The second kappa shape index (κ2) is 7.74. The van der Waals surface area contributed by atoms with E-state index in [1.54, 1.807) is 11.8 Å². The average Bonchev–Trinajstić information content (AvgIpc) is 2.56. The molecule has 0 spiro atoms. The molecule has 0 aliphatic heterocycles. The molecule has 0 aliphatic rings. The minimum Gasteiger partial charge on any atom is -0.382 e. The second-order valence-corrected chi connectivity index (χ2v) is 4.71. The smallest absolute Gasteiger partial charge is 0.0847 e. The lowest BCUT2D eigenvalue weighted by molar-refractivity contribution is 0.0672. The zero-order chi connectivity index (χ0) is 13.5. The molecule has 0 radical (unpaired) electrons. The molecule has 0 bridgehead atoms. The fraction of sp³-hybridized carbons (Fsp3) is 0.750. The van der Waals surface area contributed by atoms with E-state index in [9.17, 15) is 0 Å². The number of hydrogen-bond acceptors (Lipinski definition) is 4. The lowest BCUT2D eigenvalue weighted by Crippen LogP contribution is -2.26. The molecule has 0 saturated carbocycles. The van der Waals surface area contributed by atoms with Crippen molar-refractivity contribution in [2.24, 2.45) is 12.8 Å². The molecule has 0 fully saturated rings. The van der Waals surface area contributed by atoms with Crippen molar-refractivity contribution >= 4 is 11.6 Å². The molecule has 0 saturated heterocycles. The van der Waals surface area contributed by atoms with Crippen LogP contribution in [0.25, 0.3) is 0 Å². The monoisotopic (exact) mass is 275 g/mol. The highest BCUT2D eigenvalue weighted by molar-refractivity contribution is 6.31. The average molecular weight is 276 g/mol. The van der Waals surface area contributed by atoms with Crippen LogP contribution in [0, 0.1) is 6.92 Å². The second-order valence-electron chi connectivity index (χ2n) is 4.33. The van der Waals surface area contributed by atoms with Crippen molar-refractivity contribution in [3.8, 4) is 0 Å². The van der Waals surface area contributed by atoms with Crippen LogP contribution in [0.5, 0.6) is 0 Å². The number of methoxy groups -OCH3 is 1. The van der Waals surface area contributed by atoms with Crippen molar-refractivity contribution in [2.75, 3.05) is 26.9 Å². The van der Waals surface area contributed by atoms with Crippen LogP contribution in [0.1, 0.15) is 17.8 Å². The van der Waals surface area contributed by atoms with Crippen LogP contribution in [0.2, 0.25) is 5.02 Å². The Balaban J connectivity index is 2.33. The molecule has 1 aromatic rings. The van der Waals surface area contributed by atoms with E-state index >= 15 is 0 Å². The number of hydrogen-bond donors (Lipinski definition) is 1. The van der Waals surface area contributed by atoms with Crippen LogP contribution >= 0.6 is 11.6 Å². The highest BCUT2D eigenvalue weighted by atomic mass is 35.5. The SMILES string of the molecule is COCCOCCC(N)Cc1c(Cl)c(C)nn1C. The third-order valence-electron chi connectivity index (χ3n) is 2.78. The van der Waals surface area contributed by atoms with Crippen LogP contribution in [0.4, 0.5) is 0 Å². The first-order chi connectivity index (χ1) is 8.56. The van der Waals surface area contributed by atoms with Crippen molar-refractivity contribution in [2.45, 2.75) is 25.8 Å². The molecule has 2 N–H and O–H groups in total. The summed E-state index contributed by atoms with van der Waals surface area (Å²) in [7, 11) is 3.54. The van der Waals surface area contributed by atoms with Crippen molar-refractivity contribution in [1.82, 2.24) is 9.78 Å². The predicted molar refractivity (Wildman–Crippen MR) is 71.9 cm³/mol. The standard InChI is InChI=1S/C12H22ClN3O2/c1-9-12(13)11(16(2)15-9)8-10(14)4-5-18-7-6-17-3/h10H,4-8,14H2,1-3H3. The molecule has 1 unspecified atom stereocenters. The third kappa shape index (κ3) is 4.57. The molecule has 1 aromatic heterocycles. The van der Waals surface area contributed by atoms with Gasteiger partial charge in [0.05, 0.1) is 29.6 Å². The van der Waals surface area contributed by atoms with Crippen molar-refractivity contribution in [1.29, 1.82) is 0 Å². The molecule has 18 heavy (non-hydrogen) atoms. The molecule has 5 nitrogen and oxygen atoms in total. The highest BCUT2D eigenvalue weighted by Crippen LogP contribution is 2.20. The predicted octanol–water partition coefficient (Wildman–Crippen LogP) is 1.30. The van der Waals surface area contributed by atoms with Gasteiger partial charge in [0.25, 0.3) is 0 Å². The van der Waals surface area contributed by atoms with Crippen LogP contribution < -0.4 is 5.73 Å². The summed E-state index contributed by atoms with van der Waals surface area (Å²) in [6.45, 7) is 3.75. The summed E-state index contributed by atoms with van der Waals surface area (Å²) in [5.41, 5.74) is 7.89. The van der Waals surface area contributed by atoms with Crippen LogP contribution in [-0.4, -0.2) is 42.8 Å². The van der Waals surface area contributed by atoms with Gasteiger partial charge in [0.2, 0.25) is 0 Å². The van der Waals surface area contributed by atoms with Crippen LogP contribution in [0.3, 0.4) is 0 Å². The minimum absolute atomic E-state index is 0.0276. The molecular weight excluding hydrogens is 254 g/mol. The number of aryl methyl sites for hydroxylation is 2. The molecule has 0 amide bonds. The van der Waals surface area contributed by atoms with E-state index in [2.05, 4.69) is 5.10 Å². The maximum atomic E-state index is 6.17. The third-order valence-corrected chi connectivity index (χ3v) is 3.27. The Morgan fingerprint density at radius 3 is 2.67 bits per heavy atom. The molecule has 6 heteroatoms. The van der Waals surface area contributed by atoms with Gasteiger partial charge in [0.15, 0.2) is 0 Å². The molecule has 104 valence electrons. The van der Waals surface area contributed by atoms with Crippen LogP contribution in [-0.2, 0) is 22.9 Å². The highest BCUT2D eigenvalue weighted by Gasteiger charge is 2.14. The first-order valence-corrected chi connectivity index (χ1v) is 6.44. The first-order valence-electron chi connectivity index (χ1n) is 6.06. The molecular formula is C12H22ClN3O2. The number of nitrogens with two attached hydrogens (primary N) is 1. The van der Waals surface area contributed by atoms with Gasteiger partial charge in [-0.1, -0.05) is 11.6 Å². The van der Waals surface area contributed by atoms with Gasteiger partial charge >= 0.3 is 0 Å². The lowest BCUT2D eigenvalue weighted by Gasteiger charge is -2.12. The van der Waals surface area contributed by atoms with E-state index in [-0.39, 0.29) is 6.04 Å². The van der Waals surface area contributed by atoms with Crippen molar-refractivity contribution in [3.63, 3.8) is 0 Å². The molecule has 1 atom stereocenters. The van der Waals surface area contributed by atoms with Gasteiger partial charge in [-0.2, -0.15) is 5.10 Å². The van der Waals surface area contributed by atoms with Crippen molar-refractivity contribution < 1.29 is 9.47 Å². The van der Waals surface area contributed by atoms with Crippen molar-refractivity contribution in [3.05, 3.63) is 16.4 Å². The lowest BCUT2D eigenvalue weighted by atomic mass is 10.1. The summed E-state index contributed by atoms with van der Waals surface area (Å²) in [5, 5.41) is 4.98. The summed E-state index contributed by atoms with van der Waals surface area (Å²) >= 11 is 6.17. The van der Waals surface area contributed by atoms with Gasteiger partial charge < -0.3 is 15.2 Å². The summed E-state index contributed by atoms with van der Waals surface area (Å²) in [4.78, 5) is 0. The van der Waals surface area contributed by atoms with Gasteiger partial charge in [-0.05, 0) is 13.3 Å². The fourth-order valence-electron chi connectivity index (χ4n) is 1.73. The number of nitrogens with zero attached hydrogens (tertiary/aromatic N) is 2. The van der Waals surface area contributed by atoms with E-state index in [1.807, 2.05) is 14.0 Å². The zero-order valence-electron chi connectivity index (χ0n) is 11.3. The summed E-state index contributed by atoms with van der Waals surface area (Å²) in [5.74, 6) is 0. The van der Waals surface area contributed by atoms with Gasteiger partial charge in [-0.3, -0.25) is 4.68 Å². The Labute approximate surface area is 113 Å². The van der Waals surface area contributed by atoms with Gasteiger partial charge in [0.1, 0.15) is 0 Å². The largest absolute Gasteiger partial charge is 0.382 e. The Hall–Kier alpha value is -0.620. The Bertz CT molecular complexity index is 368. The number of halogens is 1. The number of ether oxygens (including phenoxy) is 2. The number of aromatic nitrogens is 2. The van der Waals surface area contributed by atoms with Gasteiger partial charge in [-0.25, -0.2) is 0 Å². The Morgan fingerprint density at radius 1 is 1.39 bits per heavy atom.